The zero-order valence-corrected chi connectivity index (χ0v) is 17.8. The van der Waals surface area contributed by atoms with Gasteiger partial charge in [0.25, 0.3) is 0 Å². The maximum atomic E-state index is 12.4. The number of rotatable bonds is 8. The second-order valence-electron chi connectivity index (χ2n) is 7.29. The lowest BCUT2D eigenvalue weighted by Gasteiger charge is -2.12. The summed E-state index contributed by atoms with van der Waals surface area (Å²) in [6, 6.07) is 19.6. The molecule has 156 valence electrons. The van der Waals surface area contributed by atoms with E-state index in [1.165, 1.54) is 0 Å². The number of amides is 1. The highest BCUT2D eigenvalue weighted by Gasteiger charge is 2.19. The van der Waals surface area contributed by atoms with E-state index in [2.05, 4.69) is 9.88 Å². The molecule has 2 aromatic carbocycles. The highest BCUT2D eigenvalue weighted by atomic mass is 16.5. The fourth-order valence-electron chi connectivity index (χ4n) is 3.54. The second-order valence-corrected chi connectivity index (χ2v) is 7.29. The zero-order chi connectivity index (χ0) is 21.5. The standard InChI is InChI=1S/C25H28N2O3/c1-4-30-25(29)22-17-23(20-11-6-5-7-12-20)27(19(22)3)15-9-14-24(28)26-21-13-8-10-18(2)16-21/h5-8,10-13,16-17H,4,9,14-15H2,1-3H3,(H,26,28). The van der Waals surface area contributed by atoms with Crippen molar-refractivity contribution in [3.63, 3.8) is 0 Å². The van der Waals surface area contributed by atoms with Crippen molar-refractivity contribution in [3.05, 3.63) is 77.5 Å². The molecular formula is C25H28N2O3. The number of nitrogens with zero attached hydrogens (tertiary/aromatic N) is 1. The molecule has 1 heterocycles. The predicted octanol–water partition coefficient (Wildman–Crippen LogP) is 5.37. The Kier molecular flexibility index (Phi) is 7.07. The molecule has 5 heteroatoms. The van der Waals surface area contributed by atoms with Crippen molar-refractivity contribution in [3.8, 4) is 11.3 Å². The molecule has 30 heavy (non-hydrogen) atoms. The van der Waals surface area contributed by atoms with E-state index in [4.69, 9.17) is 4.74 Å². The van der Waals surface area contributed by atoms with Gasteiger partial charge in [-0.05, 0) is 56.5 Å². The van der Waals surface area contributed by atoms with Crippen LogP contribution in [0.4, 0.5) is 5.69 Å². The number of nitrogens with one attached hydrogen (secondary N) is 1. The minimum atomic E-state index is -0.317. The highest BCUT2D eigenvalue weighted by molar-refractivity contribution is 5.93. The van der Waals surface area contributed by atoms with Crippen LogP contribution in [0, 0.1) is 13.8 Å². The van der Waals surface area contributed by atoms with Gasteiger partial charge in [-0.15, -0.1) is 0 Å². The molecule has 0 radical (unpaired) electrons. The summed E-state index contributed by atoms with van der Waals surface area (Å²) in [6.07, 6.45) is 1.06. The van der Waals surface area contributed by atoms with Crippen molar-refractivity contribution in [1.82, 2.24) is 4.57 Å². The lowest BCUT2D eigenvalue weighted by atomic mass is 10.1. The van der Waals surface area contributed by atoms with Crippen molar-refractivity contribution in [2.75, 3.05) is 11.9 Å². The van der Waals surface area contributed by atoms with E-state index in [0.717, 1.165) is 28.2 Å². The molecule has 0 saturated heterocycles. The Hall–Kier alpha value is -3.34. The molecule has 5 nitrogen and oxygen atoms in total. The molecule has 1 N–H and O–H groups in total. The maximum Gasteiger partial charge on any atom is 0.339 e. The largest absolute Gasteiger partial charge is 0.462 e. The topological polar surface area (TPSA) is 60.3 Å². The summed E-state index contributed by atoms with van der Waals surface area (Å²) in [4.78, 5) is 24.7. The van der Waals surface area contributed by atoms with Crippen LogP contribution in [0.5, 0.6) is 0 Å². The molecule has 0 unspecified atom stereocenters. The quantitative estimate of drug-likeness (QED) is 0.514. The van der Waals surface area contributed by atoms with Crippen molar-refractivity contribution in [2.24, 2.45) is 0 Å². The van der Waals surface area contributed by atoms with Crippen molar-refractivity contribution in [2.45, 2.75) is 40.2 Å². The minimum absolute atomic E-state index is 0.0164. The average molecular weight is 405 g/mol. The molecule has 0 aliphatic carbocycles. The number of anilines is 1. The van der Waals surface area contributed by atoms with Crippen molar-refractivity contribution >= 4 is 17.6 Å². The molecule has 0 fully saturated rings. The summed E-state index contributed by atoms with van der Waals surface area (Å²) in [5, 5.41) is 2.95. The molecule has 1 amide bonds. The maximum absolute atomic E-state index is 12.4. The van der Waals surface area contributed by atoms with Gasteiger partial charge in [-0.1, -0.05) is 42.5 Å². The number of aromatic nitrogens is 1. The molecule has 1 aromatic heterocycles. The first-order valence-electron chi connectivity index (χ1n) is 10.3. The Morgan fingerprint density at radius 1 is 1.00 bits per heavy atom. The summed E-state index contributed by atoms with van der Waals surface area (Å²) in [5.74, 6) is -0.333. The summed E-state index contributed by atoms with van der Waals surface area (Å²) < 4.78 is 7.31. The Bertz CT molecular complexity index is 1020. The first-order valence-corrected chi connectivity index (χ1v) is 10.3. The van der Waals surface area contributed by atoms with Crippen LogP contribution in [-0.4, -0.2) is 23.1 Å². The van der Waals surface area contributed by atoms with Gasteiger partial charge in [0.1, 0.15) is 0 Å². The number of hydrogen-bond donors (Lipinski definition) is 1. The summed E-state index contributed by atoms with van der Waals surface area (Å²) in [7, 11) is 0. The van der Waals surface area contributed by atoms with E-state index in [1.54, 1.807) is 6.92 Å². The number of carbonyl (C=O) groups is 2. The monoisotopic (exact) mass is 404 g/mol. The van der Waals surface area contributed by atoms with Crippen LogP contribution >= 0.6 is 0 Å². The Morgan fingerprint density at radius 3 is 2.47 bits per heavy atom. The van der Waals surface area contributed by atoms with Gasteiger partial charge >= 0.3 is 5.97 Å². The first-order chi connectivity index (χ1) is 14.5. The Morgan fingerprint density at radius 2 is 1.77 bits per heavy atom. The van der Waals surface area contributed by atoms with Gasteiger partial charge in [0.15, 0.2) is 0 Å². The van der Waals surface area contributed by atoms with Gasteiger partial charge in [0, 0.05) is 30.0 Å². The third-order valence-electron chi connectivity index (χ3n) is 5.02. The highest BCUT2D eigenvalue weighted by Crippen LogP contribution is 2.27. The van der Waals surface area contributed by atoms with Gasteiger partial charge in [-0.25, -0.2) is 4.79 Å². The molecule has 0 saturated carbocycles. The van der Waals surface area contributed by atoms with E-state index in [-0.39, 0.29) is 11.9 Å². The van der Waals surface area contributed by atoms with Gasteiger partial charge in [0.05, 0.1) is 12.2 Å². The molecule has 0 spiro atoms. The summed E-state index contributed by atoms with van der Waals surface area (Å²) >= 11 is 0. The zero-order valence-electron chi connectivity index (χ0n) is 17.8. The van der Waals surface area contributed by atoms with Crippen LogP contribution in [0.3, 0.4) is 0 Å². The normalized spacial score (nSPS) is 10.6. The van der Waals surface area contributed by atoms with Gasteiger partial charge in [0.2, 0.25) is 5.91 Å². The molecule has 0 atom stereocenters. The summed E-state index contributed by atoms with van der Waals surface area (Å²) in [5.41, 5.74) is 5.32. The van der Waals surface area contributed by atoms with Crippen LogP contribution in [-0.2, 0) is 16.1 Å². The molecule has 0 aliphatic rings. The van der Waals surface area contributed by atoms with Crippen LogP contribution < -0.4 is 5.32 Å². The predicted molar refractivity (Wildman–Crippen MR) is 120 cm³/mol. The van der Waals surface area contributed by atoms with Gasteiger partial charge < -0.3 is 14.6 Å². The van der Waals surface area contributed by atoms with Gasteiger partial charge in [-0.2, -0.15) is 0 Å². The van der Waals surface area contributed by atoms with Crippen molar-refractivity contribution < 1.29 is 14.3 Å². The second kappa shape index (κ2) is 9.92. The summed E-state index contributed by atoms with van der Waals surface area (Å²) in [6.45, 7) is 6.69. The SMILES string of the molecule is CCOC(=O)c1cc(-c2ccccc2)n(CCCC(=O)Nc2cccc(C)c2)c1C. The lowest BCUT2D eigenvalue weighted by molar-refractivity contribution is -0.116. The third kappa shape index (κ3) is 5.17. The van der Waals surface area contributed by atoms with E-state index >= 15 is 0 Å². The number of hydrogen-bond acceptors (Lipinski definition) is 3. The Balaban J connectivity index is 1.74. The average Bonchev–Trinajstić information content (AvgIpc) is 3.05. The smallest absolute Gasteiger partial charge is 0.339 e. The van der Waals surface area contributed by atoms with E-state index in [0.29, 0.717) is 31.6 Å². The van der Waals surface area contributed by atoms with Crippen LogP contribution in [0.25, 0.3) is 11.3 Å². The number of ether oxygens (including phenoxy) is 1. The van der Waals surface area contributed by atoms with Crippen LogP contribution in [0.15, 0.2) is 60.7 Å². The fourth-order valence-corrected chi connectivity index (χ4v) is 3.54. The first kappa shape index (κ1) is 21.4. The van der Waals surface area contributed by atoms with E-state index in [1.807, 2.05) is 74.5 Å². The van der Waals surface area contributed by atoms with Crippen LogP contribution in [0.1, 0.15) is 41.4 Å². The molecule has 3 aromatic rings. The molecule has 3 rings (SSSR count). The number of carbonyl (C=O) groups excluding carboxylic acids is 2. The van der Waals surface area contributed by atoms with Gasteiger partial charge in [-0.3, -0.25) is 4.79 Å². The van der Waals surface area contributed by atoms with E-state index < -0.39 is 0 Å². The Labute approximate surface area is 177 Å². The number of benzene rings is 2. The molecule has 0 aliphatic heterocycles. The third-order valence-corrected chi connectivity index (χ3v) is 5.02. The number of esters is 1. The molecule has 0 bridgehead atoms. The number of aryl methyl sites for hydroxylation is 1. The van der Waals surface area contributed by atoms with Crippen LogP contribution in [0.2, 0.25) is 0 Å². The minimum Gasteiger partial charge on any atom is -0.462 e. The fraction of sp³-hybridized carbons (Fsp3) is 0.280. The van der Waals surface area contributed by atoms with Crippen molar-refractivity contribution in [1.29, 1.82) is 0 Å². The van der Waals surface area contributed by atoms with E-state index in [9.17, 15) is 9.59 Å². The molecular weight excluding hydrogens is 376 g/mol. The lowest BCUT2D eigenvalue weighted by Crippen LogP contribution is -2.13.